The summed E-state index contributed by atoms with van der Waals surface area (Å²) in [6.45, 7) is 3.94. The zero-order chi connectivity index (χ0) is 15.5. The van der Waals surface area contributed by atoms with Crippen molar-refractivity contribution in [1.82, 2.24) is 0 Å². The molecule has 0 saturated heterocycles. The van der Waals surface area contributed by atoms with Crippen LogP contribution in [0.15, 0.2) is 47.4 Å². The second-order valence-electron chi connectivity index (χ2n) is 4.47. The number of aryl methyl sites for hydroxylation is 1. The van der Waals surface area contributed by atoms with Crippen molar-refractivity contribution in [2.75, 3.05) is 11.3 Å². The van der Waals surface area contributed by atoms with E-state index in [2.05, 4.69) is 4.72 Å². The highest BCUT2D eigenvalue weighted by molar-refractivity contribution is 7.92. The Bertz CT molecular complexity index is 727. The van der Waals surface area contributed by atoms with Crippen LogP contribution in [0.3, 0.4) is 0 Å². The molecule has 2 aromatic rings. The second kappa shape index (κ2) is 6.13. The molecular weight excluding hydrogens is 293 g/mol. The lowest BCUT2D eigenvalue weighted by Crippen LogP contribution is -2.13. The molecule has 4 nitrogen and oxygen atoms in total. The van der Waals surface area contributed by atoms with Crippen molar-refractivity contribution in [1.29, 1.82) is 0 Å². The average molecular weight is 309 g/mol. The first-order valence-electron chi connectivity index (χ1n) is 6.44. The number of hydrogen-bond donors (Lipinski definition) is 1. The van der Waals surface area contributed by atoms with Gasteiger partial charge in [-0.2, -0.15) is 0 Å². The number of rotatable bonds is 5. The van der Waals surface area contributed by atoms with Crippen LogP contribution in [0, 0.1) is 12.7 Å². The van der Waals surface area contributed by atoms with E-state index in [4.69, 9.17) is 4.74 Å². The van der Waals surface area contributed by atoms with Crippen LogP contribution in [0.1, 0.15) is 12.5 Å². The van der Waals surface area contributed by atoms with Gasteiger partial charge in [0.1, 0.15) is 11.6 Å². The number of benzene rings is 2. The predicted molar refractivity (Wildman–Crippen MR) is 79.6 cm³/mol. The highest BCUT2D eigenvalue weighted by Gasteiger charge is 2.14. The third-order valence-electron chi connectivity index (χ3n) is 2.86. The standard InChI is InChI=1S/C15H16FNO3S/c1-3-20-13-5-7-14(8-6-13)21(18,19)17-12-4-9-15(16)11(2)10-12/h4-10,17H,3H2,1-2H3. The third kappa shape index (κ3) is 3.72. The molecule has 2 aromatic carbocycles. The number of sulfonamides is 1. The smallest absolute Gasteiger partial charge is 0.261 e. The minimum Gasteiger partial charge on any atom is -0.494 e. The van der Waals surface area contributed by atoms with Crippen LogP contribution >= 0.6 is 0 Å². The molecule has 0 heterocycles. The van der Waals surface area contributed by atoms with Crippen LogP contribution < -0.4 is 9.46 Å². The summed E-state index contributed by atoms with van der Waals surface area (Å²) in [5, 5.41) is 0. The molecule has 0 spiro atoms. The van der Waals surface area contributed by atoms with Crippen LogP contribution in [0.4, 0.5) is 10.1 Å². The van der Waals surface area contributed by atoms with Crippen LogP contribution in [-0.2, 0) is 10.0 Å². The van der Waals surface area contributed by atoms with E-state index >= 15 is 0 Å². The van der Waals surface area contributed by atoms with Gasteiger partial charge in [0.2, 0.25) is 0 Å². The zero-order valence-electron chi connectivity index (χ0n) is 11.8. The van der Waals surface area contributed by atoms with Crippen LogP contribution in [-0.4, -0.2) is 15.0 Å². The lowest BCUT2D eigenvalue weighted by Gasteiger charge is -2.10. The normalized spacial score (nSPS) is 11.2. The molecule has 0 aliphatic heterocycles. The maximum absolute atomic E-state index is 13.2. The number of ether oxygens (including phenoxy) is 1. The first kappa shape index (κ1) is 15.3. The molecule has 6 heteroatoms. The molecule has 0 radical (unpaired) electrons. The van der Waals surface area contributed by atoms with Crippen molar-refractivity contribution < 1.29 is 17.5 Å². The Hall–Kier alpha value is -2.08. The van der Waals surface area contributed by atoms with Gasteiger partial charge < -0.3 is 4.74 Å². The molecule has 0 saturated carbocycles. The molecule has 0 aliphatic rings. The van der Waals surface area contributed by atoms with Gasteiger partial charge in [-0.25, -0.2) is 12.8 Å². The van der Waals surface area contributed by atoms with Crippen molar-refractivity contribution in [3.8, 4) is 5.75 Å². The van der Waals surface area contributed by atoms with Crippen LogP contribution in [0.2, 0.25) is 0 Å². The zero-order valence-corrected chi connectivity index (χ0v) is 12.6. The summed E-state index contributed by atoms with van der Waals surface area (Å²) in [6, 6.07) is 10.2. The van der Waals surface area contributed by atoms with Crippen molar-refractivity contribution in [2.45, 2.75) is 18.7 Å². The monoisotopic (exact) mass is 309 g/mol. The van der Waals surface area contributed by atoms with E-state index in [9.17, 15) is 12.8 Å². The topological polar surface area (TPSA) is 55.4 Å². The second-order valence-corrected chi connectivity index (χ2v) is 6.16. The van der Waals surface area contributed by atoms with Gasteiger partial charge in [-0.1, -0.05) is 0 Å². The van der Waals surface area contributed by atoms with Gasteiger partial charge in [-0.15, -0.1) is 0 Å². The molecule has 0 unspecified atom stereocenters. The largest absolute Gasteiger partial charge is 0.494 e. The fourth-order valence-electron chi connectivity index (χ4n) is 1.80. The molecule has 21 heavy (non-hydrogen) atoms. The van der Waals surface area contributed by atoms with E-state index < -0.39 is 10.0 Å². The highest BCUT2D eigenvalue weighted by atomic mass is 32.2. The van der Waals surface area contributed by atoms with Gasteiger partial charge in [0.05, 0.1) is 11.5 Å². The lowest BCUT2D eigenvalue weighted by molar-refractivity contribution is 0.340. The Morgan fingerprint density at radius 2 is 1.81 bits per heavy atom. The molecule has 0 aliphatic carbocycles. The number of anilines is 1. The third-order valence-corrected chi connectivity index (χ3v) is 4.25. The summed E-state index contributed by atoms with van der Waals surface area (Å²) in [5.74, 6) is 0.230. The molecule has 112 valence electrons. The molecule has 0 atom stereocenters. The molecule has 0 aromatic heterocycles. The summed E-state index contributed by atoms with van der Waals surface area (Å²) in [5.41, 5.74) is 0.699. The Balaban J connectivity index is 2.23. The minimum atomic E-state index is -3.70. The predicted octanol–water partition coefficient (Wildman–Crippen LogP) is 3.33. The molecule has 0 amide bonds. The van der Waals surface area contributed by atoms with Gasteiger partial charge in [0.15, 0.2) is 0 Å². The summed E-state index contributed by atoms with van der Waals surface area (Å²) >= 11 is 0. The fraction of sp³-hybridized carbons (Fsp3) is 0.200. The van der Waals surface area contributed by atoms with Crippen molar-refractivity contribution in [3.63, 3.8) is 0 Å². The first-order valence-corrected chi connectivity index (χ1v) is 7.92. The first-order chi connectivity index (χ1) is 9.92. The Labute approximate surface area is 123 Å². The van der Waals surface area contributed by atoms with Gasteiger partial charge in [-0.05, 0) is 61.9 Å². The summed E-state index contributed by atoms with van der Waals surface area (Å²) in [7, 11) is -3.70. The number of hydrogen-bond acceptors (Lipinski definition) is 3. The van der Waals surface area contributed by atoms with Gasteiger partial charge >= 0.3 is 0 Å². The van der Waals surface area contributed by atoms with E-state index in [1.807, 2.05) is 6.92 Å². The lowest BCUT2D eigenvalue weighted by atomic mass is 10.2. The number of halogens is 1. The van der Waals surface area contributed by atoms with E-state index in [-0.39, 0.29) is 10.7 Å². The Morgan fingerprint density at radius 1 is 1.14 bits per heavy atom. The fourth-order valence-corrected chi connectivity index (χ4v) is 2.85. The Kier molecular flexibility index (Phi) is 4.47. The van der Waals surface area contributed by atoms with E-state index in [1.165, 1.54) is 30.3 Å². The van der Waals surface area contributed by atoms with Gasteiger partial charge in [0.25, 0.3) is 10.0 Å². The summed E-state index contributed by atoms with van der Waals surface area (Å²) in [4.78, 5) is 0.118. The Morgan fingerprint density at radius 3 is 2.38 bits per heavy atom. The van der Waals surface area contributed by atoms with Gasteiger partial charge in [-0.3, -0.25) is 4.72 Å². The SMILES string of the molecule is CCOc1ccc(S(=O)(=O)Nc2ccc(F)c(C)c2)cc1. The van der Waals surface area contributed by atoms with Crippen LogP contribution in [0.5, 0.6) is 5.75 Å². The van der Waals surface area contributed by atoms with Crippen LogP contribution in [0.25, 0.3) is 0 Å². The van der Waals surface area contributed by atoms with Crippen molar-refractivity contribution >= 4 is 15.7 Å². The molecule has 1 N–H and O–H groups in total. The van der Waals surface area contributed by atoms with Crippen molar-refractivity contribution in [2.24, 2.45) is 0 Å². The highest BCUT2D eigenvalue weighted by Crippen LogP contribution is 2.20. The summed E-state index contributed by atoms with van der Waals surface area (Å²) in [6.07, 6.45) is 0. The van der Waals surface area contributed by atoms with E-state index in [0.717, 1.165) is 0 Å². The maximum atomic E-state index is 13.2. The average Bonchev–Trinajstić information content (AvgIpc) is 2.44. The molecule has 0 fully saturated rings. The van der Waals surface area contributed by atoms with Crippen molar-refractivity contribution in [3.05, 3.63) is 53.8 Å². The molecular formula is C15H16FNO3S. The summed E-state index contributed by atoms with van der Waals surface area (Å²) < 4.78 is 45.3. The molecule has 2 rings (SSSR count). The van der Waals surface area contributed by atoms with Gasteiger partial charge in [0, 0.05) is 5.69 Å². The quantitative estimate of drug-likeness (QED) is 0.921. The van der Waals surface area contributed by atoms with E-state index in [0.29, 0.717) is 23.6 Å². The minimum absolute atomic E-state index is 0.118. The van der Waals surface area contributed by atoms with E-state index in [1.54, 1.807) is 19.1 Å². The molecule has 0 bridgehead atoms. The maximum Gasteiger partial charge on any atom is 0.261 e. The number of nitrogens with one attached hydrogen (secondary N) is 1.